The number of hydrogen-bond acceptors (Lipinski definition) is 2. The van der Waals surface area contributed by atoms with Gasteiger partial charge in [-0.3, -0.25) is 4.79 Å². The van der Waals surface area contributed by atoms with Crippen molar-refractivity contribution in [2.45, 2.75) is 42.8 Å². The van der Waals surface area contributed by atoms with Crippen LogP contribution in [-0.4, -0.2) is 16.3 Å². The highest BCUT2D eigenvalue weighted by atomic mass is 32.2. The Morgan fingerprint density at radius 1 is 1.35 bits per heavy atom. The first kappa shape index (κ1) is 15.3. The van der Waals surface area contributed by atoms with Crippen LogP contribution < -0.4 is 0 Å². The predicted octanol–water partition coefficient (Wildman–Crippen LogP) is 4.34. The summed E-state index contributed by atoms with van der Waals surface area (Å²) >= 11 is 1.36. The highest BCUT2D eigenvalue weighted by Crippen LogP contribution is 2.41. The first-order chi connectivity index (χ1) is 9.51. The molecule has 0 heterocycles. The third kappa shape index (κ3) is 3.51. The second kappa shape index (κ2) is 6.57. The Morgan fingerprint density at radius 2 is 2.10 bits per heavy atom. The maximum atomic E-state index is 13.2. The molecule has 20 heavy (non-hydrogen) atoms. The van der Waals surface area contributed by atoms with Gasteiger partial charge in [0.1, 0.15) is 0 Å². The Morgan fingerprint density at radius 3 is 2.70 bits per heavy atom. The van der Waals surface area contributed by atoms with Crippen LogP contribution in [0.5, 0.6) is 0 Å². The maximum absolute atomic E-state index is 13.2. The van der Waals surface area contributed by atoms with Gasteiger partial charge in [-0.1, -0.05) is 13.3 Å². The van der Waals surface area contributed by atoms with E-state index in [1.807, 2.05) is 0 Å². The lowest BCUT2D eigenvalue weighted by Crippen LogP contribution is -2.32. The van der Waals surface area contributed by atoms with Gasteiger partial charge in [-0.15, -0.1) is 11.8 Å². The van der Waals surface area contributed by atoms with Gasteiger partial charge in [-0.25, -0.2) is 8.78 Å². The van der Waals surface area contributed by atoms with Crippen LogP contribution in [0.3, 0.4) is 0 Å². The molecule has 0 aliphatic heterocycles. The molecule has 0 saturated heterocycles. The Balaban J connectivity index is 2.13. The number of thioether (sulfide) groups is 1. The summed E-state index contributed by atoms with van der Waals surface area (Å²) in [5.74, 6) is -2.44. The second-order valence-electron chi connectivity index (χ2n) is 5.26. The molecule has 0 aromatic heterocycles. The van der Waals surface area contributed by atoms with E-state index in [1.54, 1.807) is 0 Å². The molecule has 0 spiro atoms. The lowest BCUT2D eigenvalue weighted by Gasteiger charge is -2.33. The first-order valence-electron chi connectivity index (χ1n) is 6.85. The molecule has 2 nitrogen and oxygen atoms in total. The fourth-order valence-corrected chi connectivity index (χ4v) is 4.17. The van der Waals surface area contributed by atoms with Crippen molar-refractivity contribution in [3.63, 3.8) is 0 Å². The van der Waals surface area contributed by atoms with Crippen molar-refractivity contribution in [1.82, 2.24) is 0 Å². The van der Waals surface area contributed by atoms with Crippen molar-refractivity contribution in [2.24, 2.45) is 11.8 Å². The number of benzene rings is 1. The van der Waals surface area contributed by atoms with Crippen LogP contribution in [-0.2, 0) is 4.79 Å². The monoisotopic (exact) mass is 300 g/mol. The molecule has 0 radical (unpaired) electrons. The van der Waals surface area contributed by atoms with E-state index >= 15 is 0 Å². The average Bonchev–Trinajstić information content (AvgIpc) is 2.42. The van der Waals surface area contributed by atoms with Crippen molar-refractivity contribution in [2.75, 3.05) is 0 Å². The molecular formula is C15H18F2O2S. The van der Waals surface area contributed by atoms with E-state index in [0.717, 1.165) is 31.4 Å². The van der Waals surface area contributed by atoms with Gasteiger partial charge in [0.15, 0.2) is 11.6 Å². The lowest BCUT2D eigenvalue weighted by atomic mass is 9.80. The third-order valence-electron chi connectivity index (χ3n) is 3.97. The normalized spacial score (nSPS) is 26.4. The van der Waals surface area contributed by atoms with Crippen molar-refractivity contribution in [1.29, 1.82) is 0 Å². The van der Waals surface area contributed by atoms with Crippen molar-refractivity contribution in [3.05, 3.63) is 29.8 Å². The molecule has 0 amide bonds. The third-order valence-corrected chi connectivity index (χ3v) is 5.32. The standard InChI is InChI=1S/C15H18F2O2S/c1-2-9-3-5-11(15(18)19)14(7-9)20-10-4-6-12(16)13(17)8-10/h4,6,8-9,11,14H,2-3,5,7H2,1H3,(H,18,19). The quantitative estimate of drug-likeness (QED) is 0.899. The molecule has 1 aliphatic rings. The van der Waals surface area contributed by atoms with Crippen LogP contribution >= 0.6 is 11.8 Å². The summed E-state index contributed by atoms with van der Waals surface area (Å²) in [6.07, 6.45) is 3.44. The highest BCUT2D eigenvalue weighted by molar-refractivity contribution is 8.00. The van der Waals surface area contributed by atoms with Gasteiger partial charge < -0.3 is 5.11 Å². The molecular weight excluding hydrogens is 282 g/mol. The van der Waals surface area contributed by atoms with E-state index in [4.69, 9.17) is 0 Å². The van der Waals surface area contributed by atoms with Gasteiger partial charge >= 0.3 is 5.97 Å². The van der Waals surface area contributed by atoms with Gasteiger partial charge in [0.2, 0.25) is 0 Å². The molecule has 2 rings (SSSR count). The smallest absolute Gasteiger partial charge is 0.307 e. The minimum absolute atomic E-state index is 0.0731. The molecule has 3 atom stereocenters. The van der Waals surface area contributed by atoms with Gasteiger partial charge in [0, 0.05) is 10.1 Å². The first-order valence-corrected chi connectivity index (χ1v) is 7.73. The van der Waals surface area contributed by atoms with Crippen LogP contribution in [0.2, 0.25) is 0 Å². The molecule has 1 N–H and O–H groups in total. The van der Waals surface area contributed by atoms with Gasteiger partial charge in [0.25, 0.3) is 0 Å². The number of hydrogen-bond donors (Lipinski definition) is 1. The summed E-state index contributed by atoms with van der Waals surface area (Å²) in [6, 6.07) is 3.75. The largest absolute Gasteiger partial charge is 0.481 e. The number of aliphatic carboxylic acids is 1. The second-order valence-corrected chi connectivity index (χ2v) is 6.58. The zero-order chi connectivity index (χ0) is 14.7. The summed E-state index contributed by atoms with van der Waals surface area (Å²) in [7, 11) is 0. The van der Waals surface area contributed by atoms with Crippen LogP contribution in [0, 0.1) is 23.5 Å². The van der Waals surface area contributed by atoms with Gasteiger partial charge in [-0.05, 0) is 43.4 Å². The van der Waals surface area contributed by atoms with E-state index in [9.17, 15) is 18.7 Å². The Bertz CT molecular complexity index is 493. The molecule has 1 aromatic carbocycles. The Labute approximate surface area is 121 Å². The maximum Gasteiger partial charge on any atom is 0.307 e. The van der Waals surface area contributed by atoms with E-state index in [1.165, 1.54) is 17.8 Å². The number of rotatable bonds is 4. The zero-order valence-corrected chi connectivity index (χ0v) is 12.1. The van der Waals surface area contributed by atoms with Crippen LogP contribution in [0.15, 0.2) is 23.1 Å². The molecule has 1 aromatic rings. The number of carboxylic acids is 1. The molecule has 0 bridgehead atoms. The summed E-state index contributed by atoms with van der Waals surface area (Å²) in [6.45, 7) is 2.10. The highest BCUT2D eigenvalue weighted by Gasteiger charge is 2.35. The summed E-state index contributed by atoms with van der Waals surface area (Å²) in [5.41, 5.74) is 0. The average molecular weight is 300 g/mol. The molecule has 3 unspecified atom stereocenters. The van der Waals surface area contributed by atoms with Crippen molar-refractivity contribution >= 4 is 17.7 Å². The molecule has 1 fully saturated rings. The fourth-order valence-electron chi connectivity index (χ4n) is 2.72. The number of halogens is 2. The fraction of sp³-hybridized carbons (Fsp3) is 0.533. The molecule has 1 saturated carbocycles. The Hall–Kier alpha value is -1.10. The minimum Gasteiger partial charge on any atom is -0.481 e. The molecule has 1 aliphatic carbocycles. The summed E-state index contributed by atoms with van der Waals surface area (Å²) in [4.78, 5) is 11.9. The zero-order valence-electron chi connectivity index (χ0n) is 11.3. The number of carbonyl (C=O) groups is 1. The topological polar surface area (TPSA) is 37.3 Å². The SMILES string of the molecule is CCC1CCC(C(=O)O)C(Sc2ccc(F)c(F)c2)C1. The van der Waals surface area contributed by atoms with Gasteiger partial charge in [0.05, 0.1) is 5.92 Å². The van der Waals surface area contributed by atoms with Crippen LogP contribution in [0.1, 0.15) is 32.6 Å². The number of carboxylic acid groups (broad SMARTS) is 1. The summed E-state index contributed by atoms with van der Waals surface area (Å²) in [5, 5.41) is 9.22. The van der Waals surface area contributed by atoms with Crippen LogP contribution in [0.4, 0.5) is 8.78 Å². The van der Waals surface area contributed by atoms with Crippen LogP contribution in [0.25, 0.3) is 0 Å². The predicted molar refractivity (Wildman–Crippen MR) is 74.8 cm³/mol. The Kier molecular flexibility index (Phi) is 5.02. The van der Waals surface area contributed by atoms with Crippen molar-refractivity contribution < 1.29 is 18.7 Å². The summed E-state index contributed by atoms with van der Waals surface area (Å²) < 4.78 is 26.1. The molecule has 5 heteroatoms. The van der Waals surface area contributed by atoms with E-state index in [-0.39, 0.29) is 5.25 Å². The van der Waals surface area contributed by atoms with Crippen molar-refractivity contribution in [3.8, 4) is 0 Å². The van der Waals surface area contributed by atoms with E-state index < -0.39 is 23.5 Å². The lowest BCUT2D eigenvalue weighted by molar-refractivity contribution is -0.142. The van der Waals surface area contributed by atoms with E-state index in [2.05, 4.69) is 6.92 Å². The minimum atomic E-state index is -0.885. The van der Waals surface area contributed by atoms with E-state index in [0.29, 0.717) is 17.2 Å². The molecule has 110 valence electrons. The van der Waals surface area contributed by atoms with Gasteiger partial charge in [-0.2, -0.15) is 0 Å².